The van der Waals surface area contributed by atoms with Crippen LogP contribution in [0.3, 0.4) is 0 Å². The third-order valence-electron chi connectivity index (χ3n) is 6.85. The molecule has 6 nitrogen and oxygen atoms in total. The molecule has 0 bridgehead atoms. The fraction of sp³-hybridized carbons (Fsp3) is 0.429. The quantitative estimate of drug-likeness (QED) is 0.520. The van der Waals surface area contributed by atoms with E-state index in [4.69, 9.17) is 0 Å². The molecule has 0 unspecified atom stereocenters. The van der Waals surface area contributed by atoms with Crippen LogP contribution in [-0.4, -0.2) is 39.8 Å². The Morgan fingerprint density at radius 1 is 0.794 bits per heavy atom. The molecule has 3 aromatic rings. The molecule has 1 aliphatic heterocycles. The van der Waals surface area contributed by atoms with Crippen LogP contribution in [0, 0.1) is 5.92 Å². The summed E-state index contributed by atoms with van der Waals surface area (Å²) in [5, 5.41) is 0. The molecule has 1 aromatic heterocycles. The van der Waals surface area contributed by atoms with Crippen molar-refractivity contribution in [3.05, 3.63) is 66.0 Å². The van der Waals surface area contributed by atoms with Crippen molar-refractivity contribution in [1.29, 1.82) is 0 Å². The molecular weight excluding hydrogens is 424 g/mol. The molecule has 0 atom stereocenters. The van der Waals surface area contributed by atoms with Gasteiger partial charge in [-0.1, -0.05) is 56.0 Å². The number of nitrogens with zero attached hydrogens (tertiary/aromatic N) is 4. The number of amides is 2. The molecule has 0 radical (unpaired) electrons. The van der Waals surface area contributed by atoms with E-state index in [1.807, 2.05) is 52.3 Å². The first kappa shape index (κ1) is 22.5. The van der Waals surface area contributed by atoms with Gasteiger partial charge in [0.05, 0.1) is 17.2 Å². The van der Waals surface area contributed by atoms with Gasteiger partial charge in [-0.2, -0.15) is 0 Å². The SMILES string of the molecule is O=C(c1cnc2ccccc2n1)N1CCCCCCCCN(C(=O)C2CC2)c2ccccc2C1. The largest absolute Gasteiger partial charge is 0.333 e. The fourth-order valence-corrected chi connectivity index (χ4v) is 4.77. The molecule has 0 saturated heterocycles. The van der Waals surface area contributed by atoms with Gasteiger partial charge >= 0.3 is 0 Å². The van der Waals surface area contributed by atoms with E-state index in [0.717, 1.165) is 80.2 Å². The minimum atomic E-state index is -0.108. The Morgan fingerprint density at radius 2 is 1.47 bits per heavy atom. The van der Waals surface area contributed by atoms with Gasteiger partial charge in [0.15, 0.2) is 0 Å². The minimum absolute atomic E-state index is 0.108. The lowest BCUT2D eigenvalue weighted by molar-refractivity contribution is -0.119. The van der Waals surface area contributed by atoms with Gasteiger partial charge in [-0.25, -0.2) is 4.98 Å². The average Bonchev–Trinajstić information content (AvgIpc) is 3.72. The molecule has 0 N–H and O–H groups in total. The third-order valence-corrected chi connectivity index (χ3v) is 6.85. The summed E-state index contributed by atoms with van der Waals surface area (Å²) in [5.74, 6) is 0.290. The van der Waals surface area contributed by atoms with Gasteiger partial charge in [0, 0.05) is 31.2 Å². The van der Waals surface area contributed by atoms with Crippen LogP contribution in [0.25, 0.3) is 11.0 Å². The van der Waals surface area contributed by atoms with Crippen molar-refractivity contribution in [3.63, 3.8) is 0 Å². The normalized spacial score (nSPS) is 17.9. The van der Waals surface area contributed by atoms with E-state index < -0.39 is 0 Å². The highest BCUT2D eigenvalue weighted by Gasteiger charge is 2.34. The molecule has 1 aliphatic carbocycles. The predicted molar refractivity (Wildman–Crippen MR) is 133 cm³/mol. The molecule has 1 saturated carbocycles. The fourth-order valence-electron chi connectivity index (χ4n) is 4.77. The van der Waals surface area contributed by atoms with Crippen molar-refractivity contribution in [2.75, 3.05) is 18.0 Å². The van der Waals surface area contributed by atoms with Crippen LogP contribution in [0.1, 0.15) is 67.4 Å². The van der Waals surface area contributed by atoms with Gasteiger partial charge in [-0.3, -0.25) is 14.6 Å². The van der Waals surface area contributed by atoms with Gasteiger partial charge in [-0.15, -0.1) is 0 Å². The van der Waals surface area contributed by atoms with Crippen molar-refractivity contribution in [2.45, 2.75) is 57.9 Å². The lowest BCUT2D eigenvalue weighted by atomic mass is 10.1. The average molecular weight is 457 g/mol. The summed E-state index contributed by atoms with van der Waals surface area (Å²) >= 11 is 0. The molecule has 0 spiro atoms. The number of fused-ring (bicyclic) bond motifs is 2. The first-order valence-corrected chi connectivity index (χ1v) is 12.6. The number of carbonyl (C=O) groups is 2. The highest BCUT2D eigenvalue weighted by Crippen LogP contribution is 2.34. The second kappa shape index (κ2) is 10.3. The van der Waals surface area contributed by atoms with E-state index in [-0.39, 0.29) is 17.7 Å². The lowest BCUT2D eigenvalue weighted by Crippen LogP contribution is -2.36. The Bertz CT molecular complexity index is 1170. The Labute approximate surface area is 201 Å². The molecule has 5 rings (SSSR count). The number of hydrogen-bond acceptors (Lipinski definition) is 4. The smallest absolute Gasteiger partial charge is 0.274 e. The molecule has 2 heterocycles. The minimum Gasteiger partial charge on any atom is -0.333 e. The Kier molecular flexibility index (Phi) is 6.84. The summed E-state index contributed by atoms with van der Waals surface area (Å²) in [4.78, 5) is 39.7. The molecule has 34 heavy (non-hydrogen) atoms. The zero-order valence-electron chi connectivity index (χ0n) is 19.7. The van der Waals surface area contributed by atoms with Crippen molar-refractivity contribution in [3.8, 4) is 0 Å². The zero-order chi connectivity index (χ0) is 23.3. The molecule has 176 valence electrons. The molecule has 6 heteroatoms. The first-order chi connectivity index (χ1) is 16.7. The summed E-state index contributed by atoms with van der Waals surface area (Å²) < 4.78 is 0. The number of para-hydroxylation sites is 3. The lowest BCUT2D eigenvalue weighted by Gasteiger charge is -2.28. The summed E-state index contributed by atoms with van der Waals surface area (Å²) in [6.45, 7) is 1.87. The van der Waals surface area contributed by atoms with Crippen molar-refractivity contribution in [1.82, 2.24) is 14.9 Å². The number of hydrogen-bond donors (Lipinski definition) is 0. The van der Waals surface area contributed by atoms with Gasteiger partial charge in [-0.05, 0) is 49.4 Å². The van der Waals surface area contributed by atoms with E-state index in [1.165, 1.54) is 0 Å². The maximum Gasteiger partial charge on any atom is 0.274 e. The molecule has 2 aromatic carbocycles. The number of rotatable bonds is 2. The van der Waals surface area contributed by atoms with Gasteiger partial charge in [0.25, 0.3) is 5.91 Å². The molecule has 1 fully saturated rings. The number of anilines is 1. The molecule has 2 amide bonds. The van der Waals surface area contributed by atoms with Crippen LogP contribution in [0.4, 0.5) is 5.69 Å². The van der Waals surface area contributed by atoms with E-state index in [1.54, 1.807) is 6.20 Å². The first-order valence-electron chi connectivity index (χ1n) is 12.6. The van der Waals surface area contributed by atoms with Crippen LogP contribution < -0.4 is 4.90 Å². The zero-order valence-corrected chi connectivity index (χ0v) is 19.7. The molecule has 2 aliphatic rings. The van der Waals surface area contributed by atoms with Gasteiger partial charge in [0.1, 0.15) is 5.69 Å². The van der Waals surface area contributed by atoms with E-state index in [0.29, 0.717) is 18.8 Å². The Hall–Kier alpha value is -3.28. The second-order valence-electron chi connectivity index (χ2n) is 9.48. The third kappa shape index (κ3) is 5.11. The van der Waals surface area contributed by atoms with Gasteiger partial charge in [0.2, 0.25) is 5.91 Å². The van der Waals surface area contributed by atoms with Gasteiger partial charge < -0.3 is 9.80 Å². The summed E-state index contributed by atoms with van der Waals surface area (Å²) in [6.07, 6.45) is 10.1. The summed E-state index contributed by atoms with van der Waals surface area (Å²) in [7, 11) is 0. The van der Waals surface area contributed by atoms with Crippen LogP contribution in [0.5, 0.6) is 0 Å². The standard InChI is InChI=1S/C28H32N4O2/c33-27(21-15-16-21)32-18-10-4-2-1-3-9-17-31(20-22-11-5-8-14-26(22)32)28(34)25-19-29-23-12-6-7-13-24(23)30-25/h5-8,11-14,19,21H,1-4,9-10,15-18,20H2. The van der Waals surface area contributed by atoms with E-state index in [2.05, 4.69) is 16.0 Å². The second-order valence-corrected chi connectivity index (χ2v) is 9.48. The monoisotopic (exact) mass is 456 g/mol. The van der Waals surface area contributed by atoms with E-state index in [9.17, 15) is 9.59 Å². The predicted octanol–water partition coefficient (Wildman–Crippen LogP) is 5.37. The van der Waals surface area contributed by atoms with Crippen LogP contribution in [0.15, 0.2) is 54.7 Å². The molecular formula is C28H32N4O2. The number of aromatic nitrogens is 2. The highest BCUT2D eigenvalue weighted by atomic mass is 16.2. The van der Waals surface area contributed by atoms with Crippen LogP contribution >= 0.6 is 0 Å². The topological polar surface area (TPSA) is 66.4 Å². The Morgan fingerprint density at radius 3 is 2.26 bits per heavy atom. The van der Waals surface area contributed by atoms with Crippen LogP contribution in [0.2, 0.25) is 0 Å². The van der Waals surface area contributed by atoms with Crippen molar-refractivity contribution >= 4 is 28.5 Å². The summed E-state index contributed by atoms with van der Waals surface area (Å²) in [6, 6.07) is 15.7. The Balaban J connectivity index is 1.47. The highest BCUT2D eigenvalue weighted by molar-refractivity contribution is 5.97. The maximum absolute atomic E-state index is 13.6. The van der Waals surface area contributed by atoms with Crippen molar-refractivity contribution in [2.24, 2.45) is 5.92 Å². The van der Waals surface area contributed by atoms with Crippen molar-refractivity contribution < 1.29 is 9.59 Å². The van der Waals surface area contributed by atoms with E-state index >= 15 is 0 Å². The maximum atomic E-state index is 13.6. The number of benzene rings is 2. The number of carbonyl (C=O) groups excluding carboxylic acids is 2. The summed E-state index contributed by atoms with van der Waals surface area (Å²) in [5.41, 5.74) is 3.83. The van der Waals surface area contributed by atoms with Crippen LogP contribution in [-0.2, 0) is 11.3 Å².